The van der Waals surface area contributed by atoms with E-state index in [4.69, 9.17) is 4.42 Å². The Morgan fingerprint density at radius 1 is 1.16 bits per heavy atom. The third-order valence-electron chi connectivity index (χ3n) is 5.08. The molecule has 1 atom stereocenters. The Hall–Kier alpha value is -1.89. The van der Waals surface area contributed by atoms with Crippen LogP contribution in [0.3, 0.4) is 0 Å². The number of alkyl halides is 3. The minimum absolute atomic E-state index is 0.124. The molecule has 0 saturated heterocycles. The number of hydrogen-bond acceptors (Lipinski definition) is 4. The molecule has 1 N–H and O–H groups in total. The van der Waals surface area contributed by atoms with Gasteiger partial charge in [-0.15, -0.1) is 10.2 Å². The third kappa shape index (κ3) is 3.71. The van der Waals surface area contributed by atoms with E-state index in [1.807, 2.05) is 0 Å². The second kappa shape index (κ2) is 6.44. The van der Waals surface area contributed by atoms with Crippen LogP contribution in [-0.4, -0.2) is 10.2 Å². The molecule has 0 bridgehead atoms. The Kier molecular flexibility index (Phi) is 4.27. The van der Waals surface area contributed by atoms with Gasteiger partial charge in [0, 0.05) is 12.0 Å². The van der Waals surface area contributed by atoms with Gasteiger partial charge in [0.2, 0.25) is 11.8 Å². The van der Waals surface area contributed by atoms with E-state index in [1.165, 1.54) is 18.6 Å². The molecule has 2 aliphatic rings. The zero-order chi connectivity index (χ0) is 17.4. The van der Waals surface area contributed by atoms with E-state index in [0.29, 0.717) is 35.7 Å². The number of aromatic nitrogens is 2. The first-order chi connectivity index (χ1) is 12.0. The monoisotopic (exact) mass is 351 g/mol. The van der Waals surface area contributed by atoms with Gasteiger partial charge in [0.15, 0.2) is 0 Å². The molecule has 0 aliphatic heterocycles. The van der Waals surface area contributed by atoms with Gasteiger partial charge in [-0.25, -0.2) is 0 Å². The number of nitrogens with zero attached hydrogens (tertiary/aromatic N) is 2. The van der Waals surface area contributed by atoms with Gasteiger partial charge in [0.05, 0.1) is 12.1 Å². The molecule has 4 rings (SSSR count). The molecule has 1 heterocycles. The normalized spacial score (nSPS) is 19.6. The molecule has 25 heavy (non-hydrogen) atoms. The number of hydrogen-bond donors (Lipinski definition) is 1. The molecule has 2 fully saturated rings. The predicted molar refractivity (Wildman–Crippen MR) is 84.6 cm³/mol. The van der Waals surface area contributed by atoms with Gasteiger partial charge in [-0.2, -0.15) is 13.2 Å². The van der Waals surface area contributed by atoms with Crippen LogP contribution < -0.4 is 5.32 Å². The lowest BCUT2D eigenvalue weighted by molar-refractivity contribution is -0.137. The molecule has 0 radical (unpaired) electrons. The van der Waals surface area contributed by atoms with E-state index in [2.05, 4.69) is 15.5 Å². The standard InChI is InChI=1S/C18H20F3N3O/c19-18(20,21)14-6-2-5-13(9-14)16(11-7-8-11)22-10-15-23-24-17(25-15)12-3-1-4-12/h2,5-6,9,11-12,16,22H,1,3-4,7-8,10H2/t16-/m0/s1. The Morgan fingerprint density at radius 3 is 2.60 bits per heavy atom. The molecule has 1 aromatic carbocycles. The summed E-state index contributed by atoms with van der Waals surface area (Å²) in [4.78, 5) is 0. The largest absolute Gasteiger partial charge is 0.424 e. The summed E-state index contributed by atoms with van der Waals surface area (Å²) in [5.41, 5.74) is 0.0542. The summed E-state index contributed by atoms with van der Waals surface area (Å²) in [6.45, 7) is 0.372. The maximum absolute atomic E-state index is 13.0. The average molecular weight is 351 g/mol. The average Bonchev–Trinajstić information content (AvgIpc) is 3.25. The Labute approximate surface area is 143 Å². The molecule has 134 valence electrons. The van der Waals surface area contributed by atoms with Crippen LogP contribution >= 0.6 is 0 Å². The van der Waals surface area contributed by atoms with Crippen molar-refractivity contribution in [2.45, 2.75) is 56.8 Å². The van der Waals surface area contributed by atoms with Gasteiger partial charge in [-0.3, -0.25) is 0 Å². The van der Waals surface area contributed by atoms with Gasteiger partial charge >= 0.3 is 6.18 Å². The Bertz CT molecular complexity index is 735. The molecule has 0 unspecified atom stereocenters. The topological polar surface area (TPSA) is 51.0 Å². The van der Waals surface area contributed by atoms with Gasteiger partial charge in [0.1, 0.15) is 0 Å². The number of nitrogens with one attached hydrogen (secondary N) is 1. The van der Waals surface area contributed by atoms with Crippen molar-refractivity contribution in [2.75, 3.05) is 0 Å². The van der Waals surface area contributed by atoms with Gasteiger partial charge in [-0.05, 0) is 49.3 Å². The van der Waals surface area contributed by atoms with Crippen LogP contribution in [0, 0.1) is 5.92 Å². The molecule has 7 heteroatoms. The summed E-state index contributed by atoms with van der Waals surface area (Å²) in [6, 6.07) is 5.44. The summed E-state index contributed by atoms with van der Waals surface area (Å²) in [5, 5.41) is 11.5. The first-order valence-electron chi connectivity index (χ1n) is 8.73. The lowest BCUT2D eigenvalue weighted by Gasteiger charge is -2.21. The van der Waals surface area contributed by atoms with Crippen LogP contribution in [0.5, 0.6) is 0 Å². The number of benzene rings is 1. The van der Waals surface area contributed by atoms with Crippen molar-refractivity contribution in [1.82, 2.24) is 15.5 Å². The quantitative estimate of drug-likeness (QED) is 0.827. The fourth-order valence-corrected chi connectivity index (χ4v) is 3.25. The van der Waals surface area contributed by atoms with Gasteiger partial charge in [-0.1, -0.05) is 18.6 Å². The fraction of sp³-hybridized carbons (Fsp3) is 0.556. The molecule has 4 nitrogen and oxygen atoms in total. The van der Waals surface area contributed by atoms with E-state index >= 15 is 0 Å². The van der Waals surface area contributed by atoms with Crippen molar-refractivity contribution >= 4 is 0 Å². The highest BCUT2D eigenvalue weighted by Crippen LogP contribution is 2.42. The highest BCUT2D eigenvalue weighted by molar-refractivity contribution is 5.29. The van der Waals surface area contributed by atoms with Crippen LogP contribution in [0.15, 0.2) is 28.7 Å². The highest BCUT2D eigenvalue weighted by atomic mass is 19.4. The first-order valence-corrected chi connectivity index (χ1v) is 8.73. The van der Waals surface area contributed by atoms with Crippen molar-refractivity contribution in [2.24, 2.45) is 5.92 Å². The molecule has 2 aromatic rings. The maximum atomic E-state index is 13.0. The summed E-state index contributed by atoms with van der Waals surface area (Å²) in [7, 11) is 0. The Balaban J connectivity index is 1.46. The second-order valence-corrected chi connectivity index (χ2v) is 6.98. The molecule has 0 amide bonds. The lowest BCUT2D eigenvalue weighted by Crippen LogP contribution is -2.23. The summed E-state index contributed by atoms with van der Waals surface area (Å²) >= 11 is 0. The van der Waals surface area contributed by atoms with Gasteiger partial charge in [0.25, 0.3) is 0 Å². The first kappa shape index (κ1) is 16.6. The summed E-state index contributed by atoms with van der Waals surface area (Å²) < 4.78 is 44.6. The van der Waals surface area contributed by atoms with E-state index < -0.39 is 11.7 Å². The minimum atomic E-state index is -4.33. The van der Waals surface area contributed by atoms with Crippen LogP contribution in [-0.2, 0) is 12.7 Å². The molecule has 1 aromatic heterocycles. The Morgan fingerprint density at radius 2 is 1.96 bits per heavy atom. The van der Waals surface area contributed by atoms with Crippen molar-refractivity contribution in [3.63, 3.8) is 0 Å². The predicted octanol–water partition coefficient (Wildman–Crippen LogP) is 4.60. The maximum Gasteiger partial charge on any atom is 0.416 e. The summed E-state index contributed by atoms with van der Waals surface area (Å²) in [5.74, 6) is 1.92. The van der Waals surface area contributed by atoms with Crippen LogP contribution in [0.4, 0.5) is 13.2 Å². The summed E-state index contributed by atoms with van der Waals surface area (Å²) in [6.07, 6.45) is 1.08. The zero-order valence-corrected chi connectivity index (χ0v) is 13.7. The van der Waals surface area contributed by atoms with Gasteiger partial charge < -0.3 is 9.73 Å². The van der Waals surface area contributed by atoms with Crippen molar-refractivity contribution in [3.05, 3.63) is 47.2 Å². The lowest BCUT2D eigenvalue weighted by atomic mass is 9.85. The fourth-order valence-electron chi connectivity index (χ4n) is 3.25. The molecular weight excluding hydrogens is 331 g/mol. The smallest absolute Gasteiger partial charge is 0.416 e. The van der Waals surface area contributed by atoms with E-state index in [-0.39, 0.29) is 6.04 Å². The van der Waals surface area contributed by atoms with E-state index in [0.717, 1.165) is 31.7 Å². The molecule has 2 saturated carbocycles. The second-order valence-electron chi connectivity index (χ2n) is 6.98. The van der Waals surface area contributed by atoms with Crippen LogP contribution in [0.2, 0.25) is 0 Å². The highest BCUT2D eigenvalue weighted by Gasteiger charge is 2.35. The van der Waals surface area contributed by atoms with E-state index in [9.17, 15) is 13.2 Å². The third-order valence-corrected chi connectivity index (χ3v) is 5.08. The minimum Gasteiger partial charge on any atom is -0.424 e. The van der Waals surface area contributed by atoms with E-state index in [1.54, 1.807) is 6.07 Å². The van der Waals surface area contributed by atoms with Crippen LogP contribution in [0.25, 0.3) is 0 Å². The molecular formula is C18H20F3N3O. The van der Waals surface area contributed by atoms with Crippen molar-refractivity contribution in [1.29, 1.82) is 0 Å². The van der Waals surface area contributed by atoms with Crippen molar-refractivity contribution < 1.29 is 17.6 Å². The zero-order valence-electron chi connectivity index (χ0n) is 13.7. The molecule has 2 aliphatic carbocycles. The number of halogens is 3. The van der Waals surface area contributed by atoms with Crippen molar-refractivity contribution in [3.8, 4) is 0 Å². The SMILES string of the molecule is FC(F)(F)c1cccc([C@@H](NCc2nnc(C3CCC3)o2)C2CC2)c1. The van der Waals surface area contributed by atoms with Crippen LogP contribution in [0.1, 0.15) is 67.0 Å². The number of rotatable bonds is 6. The molecule has 0 spiro atoms.